The summed E-state index contributed by atoms with van der Waals surface area (Å²) in [5.74, 6) is 0. The summed E-state index contributed by atoms with van der Waals surface area (Å²) in [4.78, 5) is 10.1. The summed E-state index contributed by atoms with van der Waals surface area (Å²) in [5.41, 5.74) is 5.60. The van der Waals surface area contributed by atoms with Crippen LogP contribution >= 0.6 is 0 Å². The van der Waals surface area contributed by atoms with Gasteiger partial charge in [0.25, 0.3) is 5.69 Å². The predicted molar refractivity (Wildman–Crippen MR) is 71.4 cm³/mol. The number of sulfonamides is 1. The van der Waals surface area contributed by atoms with E-state index in [-0.39, 0.29) is 11.4 Å². The van der Waals surface area contributed by atoms with E-state index in [1.54, 1.807) is 13.0 Å². The Balaban J connectivity index is 3.49. The number of nitrogens with one attached hydrogen (secondary N) is 1. The average molecular weight is 287 g/mol. The molecule has 0 aliphatic carbocycles. The summed E-state index contributed by atoms with van der Waals surface area (Å²) in [6.45, 7) is 4.73. The summed E-state index contributed by atoms with van der Waals surface area (Å²) in [7, 11) is -3.97. The monoisotopic (exact) mass is 287 g/mol. The topological polar surface area (TPSA) is 115 Å². The van der Waals surface area contributed by atoms with E-state index >= 15 is 0 Å². The highest BCUT2D eigenvalue weighted by molar-refractivity contribution is 7.89. The highest BCUT2D eigenvalue weighted by atomic mass is 32.2. The van der Waals surface area contributed by atoms with Gasteiger partial charge in [0.15, 0.2) is 4.90 Å². The van der Waals surface area contributed by atoms with Gasteiger partial charge in [-0.15, -0.1) is 0 Å². The van der Waals surface area contributed by atoms with Gasteiger partial charge in [-0.3, -0.25) is 10.1 Å². The predicted octanol–water partition coefficient (Wildman–Crippen LogP) is 0.837. The SMILES string of the molecule is Cc1ccc(C)c(S(=O)(=O)N[C@@H](C)CN)c1[N+](=O)[O-]. The van der Waals surface area contributed by atoms with Gasteiger partial charge in [-0.25, -0.2) is 13.1 Å². The number of benzene rings is 1. The fourth-order valence-corrected chi connectivity index (χ4v) is 3.43. The van der Waals surface area contributed by atoms with Crippen LogP contribution < -0.4 is 10.5 Å². The lowest BCUT2D eigenvalue weighted by Gasteiger charge is -2.14. The van der Waals surface area contributed by atoms with Crippen LogP contribution in [0, 0.1) is 24.0 Å². The van der Waals surface area contributed by atoms with Crippen LogP contribution in [-0.4, -0.2) is 25.9 Å². The Kier molecular flexibility index (Phi) is 4.61. The van der Waals surface area contributed by atoms with Crippen LogP contribution in [0.25, 0.3) is 0 Å². The van der Waals surface area contributed by atoms with Crippen molar-refractivity contribution >= 4 is 15.7 Å². The molecule has 0 aliphatic rings. The second kappa shape index (κ2) is 5.64. The first kappa shape index (κ1) is 15.5. The molecule has 106 valence electrons. The van der Waals surface area contributed by atoms with Crippen LogP contribution in [0.2, 0.25) is 0 Å². The van der Waals surface area contributed by atoms with Gasteiger partial charge >= 0.3 is 0 Å². The van der Waals surface area contributed by atoms with Gasteiger partial charge in [0.05, 0.1) is 4.92 Å². The molecule has 0 spiro atoms. The Morgan fingerprint density at radius 2 is 1.89 bits per heavy atom. The number of aryl methyl sites for hydroxylation is 2. The molecule has 0 saturated carbocycles. The first-order valence-corrected chi connectivity index (χ1v) is 7.16. The number of nitro benzene ring substituents is 1. The Morgan fingerprint density at radius 3 is 2.37 bits per heavy atom. The van der Waals surface area contributed by atoms with Crippen molar-refractivity contribution < 1.29 is 13.3 Å². The largest absolute Gasteiger partial charge is 0.329 e. The summed E-state index contributed by atoms with van der Waals surface area (Å²) >= 11 is 0. The third-order valence-corrected chi connectivity index (χ3v) is 4.46. The summed E-state index contributed by atoms with van der Waals surface area (Å²) in [6.07, 6.45) is 0. The van der Waals surface area contributed by atoms with Gasteiger partial charge in [-0.2, -0.15) is 0 Å². The molecular formula is C11H17N3O4S. The van der Waals surface area contributed by atoms with Crippen LogP contribution in [0.3, 0.4) is 0 Å². The number of nitrogens with two attached hydrogens (primary N) is 1. The zero-order valence-electron chi connectivity index (χ0n) is 11.0. The van der Waals surface area contributed by atoms with E-state index < -0.39 is 26.7 Å². The minimum absolute atomic E-state index is 0.109. The number of nitrogens with zero attached hydrogens (tertiary/aromatic N) is 1. The van der Waals surface area contributed by atoms with Crippen molar-refractivity contribution in [3.05, 3.63) is 33.4 Å². The van der Waals surface area contributed by atoms with E-state index in [1.165, 1.54) is 19.9 Å². The molecule has 0 radical (unpaired) electrons. The number of hydrogen-bond acceptors (Lipinski definition) is 5. The second-order valence-corrected chi connectivity index (χ2v) is 6.04. The molecule has 0 heterocycles. The smallest absolute Gasteiger partial charge is 0.292 e. The maximum Gasteiger partial charge on any atom is 0.292 e. The molecule has 0 amide bonds. The van der Waals surface area contributed by atoms with Crippen LogP contribution in [-0.2, 0) is 10.0 Å². The number of rotatable bonds is 5. The van der Waals surface area contributed by atoms with E-state index in [4.69, 9.17) is 5.73 Å². The summed E-state index contributed by atoms with van der Waals surface area (Å²) < 4.78 is 26.8. The number of nitro groups is 1. The molecule has 1 aromatic carbocycles. The molecule has 1 rings (SSSR count). The molecule has 0 aliphatic heterocycles. The Morgan fingerprint density at radius 1 is 1.37 bits per heavy atom. The zero-order chi connectivity index (χ0) is 14.8. The van der Waals surface area contributed by atoms with E-state index in [9.17, 15) is 18.5 Å². The van der Waals surface area contributed by atoms with Crippen molar-refractivity contribution in [1.29, 1.82) is 0 Å². The molecule has 0 aromatic heterocycles. The van der Waals surface area contributed by atoms with E-state index in [1.807, 2.05) is 0 Å². The van der Waals surface area contributed by atoms with Crippen molar-refractivity contribution in [2.75, 3.05) is 6.54 Å². The number of hydrogen-bond donors (Lipinski definition) is 2. The molecule has 0 bridgehead atoms. The molecule has 0 unspecified atom stereocenters. The van der Waals surface area contributed by atoms with Gasteiger partial charge in [-0.05, 0) is 26.3 Å². The van der Waals surface area contributed by atoms with Crippen molar-refractivity contribution in [1.82, 2.24) is 4.72 Å². The quantitative estimate of drug-likeness (QED) is 0.615. The molecular weight excluding hydrogens is 270 g/mol. The normalized spacial score (nSPS) is 13.3. The minimum Gasteiger partial charge on any atom is -0.329 e. The third-order valence-electron chi connectivity index (χ3n) is 2.69. The fourth-order valence-electron chi connectivity index (χ4n) is 1.71. The lowest BCUT2D eigenvalue weighted by atomic mass is 10.1. The molecule has 19 heavy (non-hydrogen) atoms. The lowest BCUT2D eigenvalue weighted by molar-refractivity contribution is -0.388. The first-order valence-electron chi connectivity index (χ1n) is 5.67. The van der Waals surface area contributed by atoms with Gasteiger partial charge < -0.3 is 5.73 Å². The molecule has 1 atom stereocenters. The van der Waals surface area contributed by atoms with Crippen molar-refractivity contribution in [3.8, 4) is 0 Å². The zero-order valence-corrected chi connectivity index (χ0v) is 11.8. The van der Waals surface area contributed by atoms with Crippen LogP contribution in [0.5, 0.6) is 0 Å². The maximum atomic E-state index is 12.2. The standard InChI is InChI=1S/C11H17N3O4S/c1-7-4-5-8(2)11(10(7)14(15)16)19(17,18)13-9(3)6-12/h4-5,9,13H,6,12H2,1-3H3/t9-/m0/s1. The average Bonchev–Trinajstić information content (AvgIpc) is 2.30. The highest BCUT2D eigenvalue weighted by Gasteiger charge is 2.30. The highest BCUT2D eigenvalue weighted by Crippen LogP contribution is 2.30. The Hall–Kier alpha value is -1.51. The van der Waals surface area contributed by atoms with Gasteiger partial charge in [0.2, 0.25) is 10.0 Å². The molecule has 1 aromatic rings. The molecule has 8 heteroatoms. The second-order valence-electron chi connectivity index (χ2n) is 4.39. The molecule has 7 nitrogen and oxygen atoms in total. The van der Waals surface area contributed by atoms with Crippen molar-refractivity contribution in [2.45, 2.75) is 31.7 Å². The summed E-state index contributed by atoms with van der Waals surface area (Å²) in [5, 5.41) is 11.1. The van der Waals surface area contributed by atoms with Gasteiger partial charge in [0.1, 0.15) is 0 Å². The lowest BCUT2D eigenvalue weighted by Crippen LogP contribution is -2.38. The Labute approximate surface area is 112 Å². The van der Waals surface area contributed by atoms with Crippen molar-refractivity contribution in [3.63, 3.8) is 0 Å². The van der Waals surface area contributed by atoms with E-state index in [0.29, 0.717) is 11.1 Å². The molecule has 0 fully saturated rings. The molecule has 3 N–H and O–H groups in total. The fraction of sp³-hybridized carbons (Fsp3) is 0.455. The van der Waals surface area contributed by atoms with Crippen molar-refractivity contribution in [2.24, 2.45) is 5.73 Å². The minimum atomic E-state index is -3.97. The maximum absolute atomic E-state index is 12.2. The van der Waals surface area contributed by atoms with Gasteiger partial charge in [0, 0.05) is 18.2 Å². The molecule has 0 saturated heterocycles. The van der Waals surface area contributed by atoms with Crippen LogP contribution in [0.15, 0.2) is 17.0 Å². The summed E-state index contributed by atoms with van der Waals surface area (Å²) in [6, 6.07) is 2.58. The van der Waals surface area contributed by atoms with Gasteiger partial charge in [-0.1, -0.05) is 12.1 Å². The van der Waals surface area contributed by atoms with Crippen LogP contribution in [0.1, 0.15) is 18.1 Å². The first-order chi connectivity index (χ1) is 8.70. The Bertz CT molecular complexity index is 598. The van der Waals surface area contributed by atoms with E-state index in [0.717, 1.165) is 0 Å². The van der Waals surface area contributed by atoms with E-state index in [2.05, 4.69) is 4.72 Å². The van der Waals surface area contributed by atoms with Crippen LogP contribution in [0.4, 0.5) is 5.69 Å². The third kappa shape index (κ3) is 3.28.